The Morgan fingerprint density at radius 2 is 1.81 bits per heavy atom. The number of benzene rings is 1. The molecule has 114 valence electrons. The van der Waals surface area contributed by atoms with E-state index in [2.05, 4.69) is 10.6 Å². The van der Waals surface area contributed by atoms with Crippen molar-refractivity contribution in [2.45, 2.75) is 13.3 Å². The molecule has 0 aliphatic heterocycles. The summed E-state index contributed by atoms with van der Waals surface area (Å²) in [6, 6.07) is 5.94. The van der Waals surface area contributed by atoms with Crippen molar-refractivity contribution in [2.75, 3.05) is 25.1 Å². The number of nitrogens with two attached hydrogens (primary N) is 1. The minimum Gasteiger partial charge on any atom is -0.382 e. The van der Waals surface area contributed by atoms with E-state index in [0.29, 0.717) is 37.4 Å². The number of primary amides is 1. The lowest BCUT2D eigenvalue weighted by molar-refractivity contribution is -0.136. The number of amides is 3. The summed E-state index contributed by atoms with van der Waals surface area (Å²) in [4.78, 5) is 34.0. The molecule has 7 heteroatoms. The topological polar surface area (TPSA) is 111 Å². The molecule has 1 aromatic rings. The Morgan fingerprint density at radius 3 is 2.38 bits per heavy atom. The zero-order valence-electron chi connectivity index (χ0n) is 11.8. The number of ether oxygens (including phenoxy) is 1. The maximum atomic E-state index is 11.6. The molecule has 7 nitrogen and oxygen atoms in total. The number of hydrogen-bond acceptors (Lipinski definition) is 4. The van der Waals surface area contributed by atoms with E-state index < -0.39 is 17.7 Å². The number of anilines is 1. The fourth-order valence-corrected chi connectivity index (χ4v) is 1.51. The summed E-state index contributed by atoms with van der Waals surface area (Å²) in [6.07, 6.45) is 0.639. The monoisotopic (exact) mass is 293 g/mol. The van der Waals surface area contributed by atoms with Gasteiger partial charge in [0.05, 0.1) is 0 Å². The van der Waals surface area contributed by atoms with E-state index in [9.17, 15) is 14.4 Å². The molecule has 0 unspecified atom stereocenters. The molecule has 0 radical (unpaired) electrons. The molecule has 0 saturated carbocycles. The molecule has 21 heavy (non-hydrogen) atoms. The molecule has 1 aromatic carbocycles. The van der Waals surface area contributed by atoms with Crippen LogP contribution in [0.4, 0.5) is 5.69 Å². The molecule has 0 spiro atoms. The van der Waals surface area contributed by atoms with E-state index in [-0.39, 0.29) is 0 Å². The van der Waals surface area contributed by atoms with E-state index in [1.54, 1.807) is 0 Å². The van der Waals surface area contributed by atoms with Crippen LogP contribution in [0.25, 0.3) is 0 Å². The molecule has 0 saturated heterocycles. The van der Waals surface area contributed by atoms with E-state index in [0.717, 1.165) is 0 Å². The van der Waals surface area contributed by atoms with Gasteiger partial charge in [-0.2, -0.15) is 0 Å². The summed E-state index contributed by atoms with van der Waals surface area (Å²) in [5, 5.41) is 4.91. The molecule has 3 amide bonds. The van der Waals surface area contributed by atoms with Gasteiger partial charge in [-0.05, 0) is 37.6 Å². The normalized spacial score (nSPS) is 9.95. The zero-order valence-corrected chi connectivity index (χ0v) is 11.8. The lowest BCUT2D eigenvalue weighted by atomic mass is 10.2. The van der Waals surface area contributed by atoms with Gasteiger partial charge >= 0.3 is 11.8 Å². The van der Waals surface area contributed by atoms with Crippen LogP contribution in [0.2, 0.25) is 0 Å². The molecule has 0 fully saturated rings. The van der Waals surface area contributed by atoms with Crippen molar-refractivity contribution in [1.29, 1.82) is 0 Å². The number of carbonyl (C=O) groups excluding carboxylic acids is 3. The lowest BCUT2D eigenvalue weighted by Crippen LogP contribution is -2.36. The van der Waals surface area contributed by atoms with E-state index in [1.165, 1.54) is 24.3 Å². The van der Waals surface area contributed by atoms with E-state index >= 15 is 0 Å². The Balaban J connectivity index is 2.38. The maximum absolute atomic E-state index is 11.6. The van der Waals surface area contributed by atoms with E-state index in [4.69, 9.17) is 10.5 Å². The molecule has 0 aromatic heterocycles. The second-order valence-electron chi connectivity index (χ2n) is 4.20. The first kappa shape index (κ1) is 16.6. The van der Waals surface area contributed by atoms with Gasteiger partial charge in [0.2, 0.25) is 5.91 Å². The second-order valence-corrected chi connectivity index (χ2v) is 4.20. The van der Waals surface area contributed by atoms with Crippen molar-refractivity contribution in [3.63, 3.8) is 0 Å². The second kappa shape index (κ2) is 8.70. The van der Waals surface area contributed by atoms with Crippen LogP contribution in [0.1, 0.15) is 23.7 Å². The summed E-state index contributed by atoms with van der Waals surface area (Å²) in [6.45, 7) is 3.41. The molecule has 0 atom stereocenters. The Labute approximate surface area is 122 Å². The highest BCUT2D eigenvalue weighted by atomic mass is 16.5. The SMILES string of the molecule is CCOCCCNC(=O)C(=O)Nc1ccc(C(N)=O)cc1. The molecule has 0 bridgehead atoms. The molecule has 0 aliphatic rings. The van der Waals surface area contributed by atoms with Gasteiger partial charge in [0.25, 0.3) is 0 Å². The summed E-state index contributed by atoms with van der Waals surface area (Å²) >= 11 is 0. The predicted octanol–water partition coefficient (Wildman–Crippen LogP) is 0.267. The predicted molar refractivity (Wildman–Crippen MR) is 77.7 cm³/mol. The van der Waals surface area contributed by atoms with Crippen molar-refractivity contribution in [2.24, 2.45) is 5.73 Å². The van der Waals surface area contributed by atoms with Gasteiger partial charge < -0.3 is 21.1 Å². The Morgan fingerprint density at radius 1 is 1.14 bits per heavy atom. The van der Waals surface area contributed by atoms with Crippen molar-refractivity contribution in [3.8, 4) is 0 Å². The number of nitrogens with one attached hydrogen (secondary N) is 2. The van der Waals surface area contributed by atoms with Crippen LogP contribution in [0.3, 0.4) is 0 Å². The molecule has 1 rings (SSSR count). The highest BCUT2D eigenvalue weighted by Crippen LogP contribution is 2.08. The first-order valence-corrected chi connectivity index (χ1v) is 6.61. The summed E-state index contributed by atoms with van der Waals surface area (Å²) in [5.74, 6) is -2.04. The number of hydrogen-bond donors (Lipinski definition) is 3. The average Bonchev–Trinajstić information content (AvgIpc) is 2.47. The van der Waals surface area contributed by atoms with Crippen molar-refractivity contribution >= 4 is 23.4 Å². The maximum Gasteiger partial charge on any atom is 0.313 e. The largest absolute Gasteiger partial charge is 0.382 e. The van der Waals surface area contributed by atoms with Gasteiger partial charge in [-0.1, -0.05) is 0 Å². The van der Waals surface area contributed by atoms with Crippen molar-refractivity contribution in [1.82, 2.24) is 5.32 Å². The number of rotatable bonds is 7. The number of carbonyl (C=O) groups is 3. The third-order valence-corrected chi connectivity index (χ3v) is 2.59. The van der Waals surface area contributed by atoms with Crippen LogP contribution >= 0.6 is 0 Å². The van der Waals surface area contributed by atoms with Crippen LogP contribution in [-0.4, -0.2) is 37.5 Å². The van der Waals surface area contributed by atoms with Crippen LogP contribution in [0.15, 0.2) is 24.3 Å². The van der Waals surface area contributed by atoms with Gasteiger partial charge in [-0.25, -0.2) is 0 Å². The zero-order chi connectivity index (χ0) is 15.7. The molecular formula is C14H19N3O4. The van der Waals surface area contributed by atoms with Gasteiger partial charge in [-0.15, -0.1) is 0 Å². The molecule has 0 aliphatic carbocycles. The van der Waals surface area contributed by atoms with Crippen LogP contribution in [-0.2, 0) is 14.3 Å². The van der Waals surface area contributed by atoms with E-state index in [1.807, 2.05) is 6.92 Å². The fourth-order valence-electron chi connectivity index (χ4n) is 1.51. The Kier molecular flexibility index (Phi) is 6.90. The van der Waals surface area contributed by atoms with Crippen molar-refractivity contribution in [3.05, 3.63) is 29.8 Å². The highest BCUT2D eigenvalue weighted by molar-refractivity contribution is 6.39. The minimum absolute atomic E-state index is 0.327. The minimum atomic E-state index is -0.766. The summed E-state index contributed by atoms with van der Waals surface area (Å²) in [5.41, 5.74) is 5.84. The van der Waals surface area contributed by atoms with Gasteiger partial charge in [0.15, 0.2) is 0 Å². The fraction of sp³-hybridized carbons (Fsp3) is 0.357. The van der Waals surface area contributed by atoms with Gasteiger partial charge in [-0.3, -0.25) is 14.4 Å². The van der Waals surface area contributed by atoms with Crippen LogP contribution in [0.5, 0.6) is 0 Å². The third-order valence-electron chi connectivity index (χ3n) is 2.59. The van der Waals surface area contributed by atoms with Gasteiger partial charge in [0, 0.05) is 31.0 Å². The van der Waals surface area contributed by atoms with Gasteiger partial charge in [0.1, 0.15) is 0 Å². The first-order valence-electron chi connectivity index (χ1n) is 6.61. The highest BCUT2D eigenvalue weighted by Gasteiger charge is 2.13. The van der Waals surface area contributed by atoms with Crippen molar-refractivity contribution < 1.29 is 19.1 Å². The third kappa shape index (κ3) is 6.05. The first-order chi connectivity index (χ1) is 10.0. The van der Waals surface area contributed by atoms with Crippen LogP contribution < -0.4 is 16.4 Å². The summed E-state index contributed by atoms with van der Waals surface area (Å²) < 4.78 is 5.11. The lowest BCUT2D eigenvalue weighted by Gasteiger charge is -2.07. The smallest absolute Gasteiger partial charge is 0.313 e. The van der Waals surface area contributed by atoms with Crippen LogP contribution in [0, 0.1) is 0 Å². The Hall–Kier alpha value is -2.41. The molecular weight excluding hydrogens is 274 g/mol. The summed E-state index contributed by atoms with van der Waals surface area (Å²) in [7, 11) is 0. The molecule has 4 N–H and O–H groups in total. The standard InChI is InChI=1S/C14H19N3O4/c1-2-21-9-3-8-16-13(19)14(20)17-11-6-4-10(5-7-11)12(15)18/h4-7H,2-3,8-9H2,1H3,(H2,15,18)(H,16,19)(H,17,20). The average molecular weight is 293 g/mol. The Bertz CT molecular complexity index is 499. The molecule has 0 heterocycles. The quantitative estimate of drug-likeness (QED) is 0.495.